The first kappa shape index (κ1) is 26.8. The molecule has 1 amide bonds. The maximum Gasteiger partial charge on any atom is 0.227 e. The number of ether oxygens (including phenoxy) is 1. The zero-order valence-corrected chi connectivity index (χ0v) is 20.4. The van der Waals surface area contributed by atoms with Gasteiger partial charge in [-0.25, -0.2) is 4.39 Å². The van der Waals surface area contributed by atoms with Crippen molar-refractivity contribution in [3.63, 3.8) is 0 Å². The van der Waals surface area contributed by atoms with E-state index in [-0.39, 0.29) is 17.6 Å². The zero-order chi connectivity index (χ0) is 22.6. The Morgan fingerprint density at radius 1 is 1.30 bits per heavy atom. The second-order valence-corrected chi connectivity index (χ2v) is 9.84. The second kappa shape index (κ2) is 13.9. The number of aliphatic hydroxyl groups is 1. The zero-order valence-electron chi connectivity index (χ0n) is 18.1. The van der Waals surface area contributed by atoms with Gasteiger partial charge in [0.15, 0.2) is 0 Å². The summed E-state index contributed by atoms with van der Waals surface area (Å²) in [6.07, 6.45) is 15.8. The summed E-state index contributed by atoms with van der Waals surface area (Å²) in [5, 5.41) is 11.0. The van der Waals surface area contributed by atoms with Crippen molar-refractivity contribution in [3.05, 3.63) is 60.3 Å². The normalized spacial score (nSPS) is 18.4. The van der Waals surface area contributed by atoms with E-state index in [1.54, 1.807) is 12.2 Å². The van der Waals surface area contributed by atoms with Crippen LogP contribution in [0, 0.1) is 11.8 Å². The van der Waals surface area contributed by atoms with Gasteiger partial charge in [-0.05, 0) is 38.8 Å². The van der Waals surface area contributed by atoms with Crippen LogP contribution in [0.4, 0.5) is 4.39 Å². The molecule has 0 aromatic heterocycles. The van der Waals surface area contributed by atoms with Crippen molar-refractivity contribution in [2.45, 2.75) is 57.5 Å². The van der Waals surface area contributed by atoms with E-state index < -0.39 is 17.7 Å². The Labute approximate surface area is 185 Å². The maximum absolute atomic E-state index is 14.9. The molecule has 0 spiro atoms. The molecule has 168 valence electrons. The number of allylic oxidation sites excluding steroid dienone is 6. The number of carbonyl (C=O) groups is 1. The molecule has 3 unspecified atom stereocenters. The Morgan fingerprint density at radius 3 is 2.47 bits per heavy atom. The molecule has 0 heterocycles. The van der Waals surface area contributed by atoms with Gasteiger partial charge >= 0.3 is 0 Å². The highest BCUT2D eigenvalue weighted by molar-refractivity contribution is 7.39. The van der Waals surface area contributed by atoms with Gasteiger partial charge in [0.2, 0.25) is 5.91 Å². The second-order valence-electron chi connectivity index (χ2n) is 7.40. The predicted octanol–water partition coefficient (Wildman–Crippen LogP) is 5.51. The van der Waals surface area contributed by atoms with Crippen LogP contribution in [0.5, 0.6) is 0 Å². The molecule has 3 atom stereocenters. The third kappa shape index (κ3) is 8.84. The summed E-state index contributed by atoms with van der Waals surface area (Å²) in [7, 11) is 4.16. The van der Waals surface area contributed by atoms with Crippen molar-refractivity contribution in [1.82, 2.24) is 5.32 Å². The lowest BCUT2D eigenvalue weighted by atomic mass is 9.88. The van der Waals surface area contributed by atoms with Crippen molar-refractivity contribution in [3.8, 4) is 0 Å². The summed E-state index contributed by atoms with van der Waals surface area (Å²) < 4.78 is 21.0. The van der Waals surface area contributed by atoms with E-state index in [0.717, 1.165) is 32.1 Å². The summed E-state index contributed by atoms with van der Waals surface area (Å²) in [5.74, 6) is -0.587. The number of aliphatic hydroxyl groups excluding tert-OH is 1. The van der Waals surface area contributed by atoms with Crippen molar-refractivity contribution in [2.24, 2.45) is 11.8 Å². The topological polar surface area (TPSA) is 58.6 Å². The lowest BCUT2D eigenvalue weighted by molar-refractivity contribution is -0.125. The molecule has 0 aromatic rings. The third-order valence-electron chi connectivity index (χ3n) is 5.02. The van der Waals surface area contributed by atoms with Crippen molar-refractivity contribution in [2.75, 3.05) is 6.61 Å². The van der Waals surface area contributed by atoms with Gasteiger partial charge < -0.3 is 15.2 Å². The number of alkyl halides is 1. The number of halogens is 1. The Kier molecular flexibility index (Phi) is 12.4. The Balaban J connectivity index is 3.43. The molecule has 0 radical (unpaired) electrons. The Morgan fingerprint density at radius 2 is 1.97 bits per heavy atom. The molecule has 1 fully saturated rings. The lowest BCUT2D eigenvalue weighted by Gasteiger charge is -2.30. The fourth-order valence-corrected chi connectivity index (χ4v) is 3.81. The summed E-state index contributed by atoms with van der Waals surface area (Å²) >= 11 is 0. The van der Waals surface area contributed by atoms with E-state index in [9.17, 15) is 14.3 Å². The van der Waals surface area contributed by atoms with Gasteiger partial charge in [0.1, 0.15) is 16.7 Å². The molecule has 1 aliphatic carbocycles. The first-order valence-corrected chi connectivity index (χ1v) is 11.6. The van der Waals surface area contributed by atoms with Crippen molar-refractivity contribution in [1.29, 1.82) is 0 Å². The number of nitrogens with one attached hydrogen (secondary N) is 1. The molecule has 0 aliphatic heterocycles. The molecule has 7 heteroatoms. The van der Waals surface area contributed by atoms with Gasteiger partial charge in [-0.15, -0.1) is 0 Å². The minimum absolute atomic E-state index is 0.0623. The Hall–Kier alpha value is -1.28. The van der Waals surface area contributed by atoms with E-state index in [1.807, 2.05) is 32.1 Å². The van der Waals surface area contributed by atoms with Crippen LogP contribution >= 0.6 is 18.5 Å². The number of hydrogen-bond donors (Lipinski definition) is 2. The van der Waals surface area contributed by atoms with Gasteiger partial charge in [0, 0.05) is 12.3 Å². The number of amides is 1. The van der Waals surface area contributed by atoms with E-state index in [0.29, 0.717) is 17.9 Å². The molecule has 1 aliphatic rings. The average Bonchev–Trinajstić information content (AvgIpc) is 2.73. The lowest BCUT2D eigenvalue weighted by Crippen LogP contribution is -2.35. The highest BCUT2D eigenvalue weighted by atomic mass is 31.1. The highest BCUT2D eigenvalue weighted by Gasteiger charge is 2.36. The monoisotopic (exact) mass is 455 g/mol. The maximum atomic E-state index is 14.9. The minimum atomic E-state index is -1.92. The summed E-state index contributed by atoms with van der Waals surface area (Å²) in [6, 6.07) is 0. The molecule has 1 saturated carbocycles. The van der Waals surface area contributed by atoms with Crippen molar-refractivity contribution >= 4 is 24.4 Å². The summed E-state index contributed by atoms with van der Waals surface area (Å²) in [4.78, 5) is 12.9. The molecular formula is C23H36FNO3P2. The van der Waals surface area contributed by atoms with E-state index >= 15 is 0 Å². The van der Waals surface area contributed by atoms with Crippen LogP contribution in [0.1, 0.15) is 52.4 Å². The first-order valence-electron chi connectivity index (χ1n) is 10.4. The van der Waals surface area contributed by atoms with Crippen LogP contribution in [0.3, 0.4) is 0 Å². The van der Waals surface area contributed by atoms with Crippen LogP contribution in [0.15, 0.2) is 60.3 Å². The molecule has 0 saturated heterocycles. The van der Waals surface area contributed by atoms with Crippen molar-refractivity contribution < 1.29 is 19.0 Å². The Bertz CT molecular complexity index is 687. The summed E-state index contributed by atoms with van der Waals surface area (Å²) in [6.45, 7) is 6.99. The quantitative estimate of drug-likeness (QED) is 0.187. The fraction of sp³-hybridized carbons (Fsp3) is 0.522. The molecule has 30 heavy (non-hydrogen) atoms. The number of rotatable bonds is 11. The minimum Gasteiger partial charge on any atom is -0.459 e. The number of carbonyl (C=O) groups excluding carboxylic acids is 1. The SMILES string of the molecule is C=C/C(=C\C=C/C)O/C(=C(/C/C=C\C)NC(=O)C1CCCCC1)C(CO)C(F)(P)P. The molecule has 1 rings (SSSR count). The van der Waals surface area contributed by atoms with Gasteiger partial charge in [-0.3, -0.25) is 4.79 Å². The summed E-state index contributed by atoms with van der Waals surface area (Å²) in [5.41, 5.74) is 0.447. The van der Waals surface area contributed by atoms with E-state index in [1.165, 1.54) is 6.08 Å². The molecular weight excluding hydrogens is 419 g/mol. The predicted molar refractivity (Wildman–Crippen MR) is 129 cm³/mol. The average molecular weight is 455 g/mol. The van der Waals surface area contributed by atoms with Crippen LogP contribution in [-0.2, 0) is 9.53 Å². The fourth-order valence-electron chi connectivity index (χ4n) is 3.29. The van der Waals surface area contributed by atoms with Gasteiger partial charge in [0.25, 0.3) is 0 Å². The van der Waals surface area contributed by atoms with Gasteiger partial charge in [0.05, 0.1) is 18.2 Å². The molecule has 4 nitrogen and oxygen atoms in total. The van der Waals surface area contributed by atoms with Crippen LogP contribution < -0.4 is 5.32 Å². The van der Waals surface area contributed by atoms with Gasteiger partial charge in [-0.2, -0.15) is 0 Å². The van der Waals surface area contributed by atoms with E-state index in [2.05, 4.69) is 30.4 Å². The largest absolute Gasteiger partial charge is 0.459 e. The molecule has 2 N–H and O–H groups in total. The third-order valence-corrected chi connectivity index (χ3v) is 5.82. The van der Waals surface area contributed by atoms with Crippen LogP contribution in [0.2, 0.25) is 0 Å². The number of hydrogen-bond acceptors (Lipinski definition) is 3. The highest BCUT2D eigenvalue weighted by Crippen LogP contribution is 2.42. The first-order chi connectivity index (χ1) is 14.3. The standard InChI is InChI=1S/C23H36FNO3P2/c1-4-7-14-18(6-3)28-21(19(16-26)23(24,29)30)20(15-8-5-2)25-22(27)17-12-10-9-11-13-17/h4-8,14,17,19,26H,3,9-13,15-16,29-30H2,1-2H3,(H,25,27)/b7-4-,8-5-,18-14+,21-20-. The smallest absolute Gasteiger partial charge is 0.227 e. The molecule has 0 aromatic carbocycles. The van der Waals surface area contributed by atoms with Crippen LogP contribution in [-0.4, -0.2) is 22.8 Å². The van der Waals surface area contributed by atoms with Gasteiger partial charge in [-0.1, -0.05) is 68.6 Å². The van der Waals surface area contributed by atoms with Crippen LogP contribution in [0.25, 0.3) is 0 Å². The molecule has 0 bridgehead atoms. The van der Waals surface area contributed by atoms with E-state index in [4.69, 9.17) is 4.74 Å².